The van der Waals surface area contributed by atoms with Gasteiger partial charge in [0.1, 0.15) is 0 Å². The van der Waals surface area contributed by atoms with Gasteiger partial charge in [-0.2, -0.15) is 0 Å². The van der Waals surface area contributed by atoms with E-state index in [-0.39, 0.29) is 5.78 Å². The predicted molar refractivity (Wildman–Crippen MR) is 107 cm³/mol. The average Bonchev–Trinajstić information content (AvgIpc) is 2.69. The van der Waals surface area contributed by atoms with Crippen molar-refractivity contribution in [3.63, 3.8) is 0 Å². The van der Waals surface area contributed by atoms with E-state index in [0.29, 0.717) is 21.2 Å². The van der Waals surface area contributed by atoms with Gasteiger partial charge in [0.15, 0.2) is 5.78 Å². The van der Waals surface area contributed by atoms with Crippen LogP contribution in [0, 0.1) is 0 Å². The zero-order chi connectivity index (χ0) is 18.1. The van der Waals surface area contributed by atoms with Crippen molar-refractivity contribution >= 4 is 39.9 Å². The summed E-state index contributed by atoms with van der Waals surface area (Å²) < 4.78 is 0. The van der Waals surface area contributed by atoms with Crippen molar-refractivity contribution in [1.82, 2.24) is 4.98 Å². The van der Waals surface area contributed by atoms with E-state index in [1.807, 2.05) is 54.6 Å². The molecule has 0 atom stereocenters. The number of nitrogens with zero attached hydrogens (tertiary/aromatic N) is 1. The molecule has 126 valence electrons. The monoisotopic (exact) mass is 377 g/mol. The first-order chi connectivity index (χ1) is 12.6. The highest BCUT2D eigenvalue weighted by Crippen LogP contribution is 2.29. The first-order valence-corrected chi connectivity index (χ1v) is 8.83. The summed E-state index contributed by atoms with van der Waals surface area (Å²) in [7, 11) is 0. The standard InChI is InChI=1S/C22H13Cl2NO/c23-19-10-9-15(12-20(19)24)22(26)16-11-18-17(14-5-2-1-3-6-14)7-4-8-21(18)25-13-16/h1-13H. The average molecular weight is 378 g/mol. The predicted octanol–water partition coefficient (Wildman–Crippen LogP) is 6.44. The second kappa shape index (κ2) is 6.91. The Balaban J connectivity index is 1.84. The highest BCUT2D eigenvalue weighted by molar-refractivity contribution is 6.42. The van der Waals surface area contributed by atoms with Crippen LogP contribution in [0.3, 0.4) is 0 Å². The van der Waals surface area contributed by atoms with Gasteiger partial charge in [-0.05, 0) is 41.5 Å². The van der Waals surface area contributed by atoms with Gasteiger partial charge in [-0.25, -0.2) is 0 Å². The van der Waals surface area contributed by atoms with Crippen LogP contribution in [-0.4, -0.2) is 10.8 Å². The molecule has 0 fully saturated rings. The first kappa shape index (κ1) is 16.8. The lowest BCUT2D eigenvalue weighted by Gasteiger charge is -2.09. The zero-order valence-corrected chi connectivity index (χ0v) is 15.1. The van der Waals surface area contributed by atoms with Crippen LogP contribution in [0.15, 0.2) is 79.0 Å². The van der Waals surface area contributed by atoms with Crippen LogP contribution >= 0.6 is 23.2 Å². The summed E-state index contributed by atoms with van der Waals surface area (Å²) in [6.07, 6.45) is 1.60. The quantitative estimate of drug-likeness (QED) is 0.384. The highest BCUT2D eigenvalue weighted by atomic mass is 35.5. The molecule has 1 aromatic heterocycles. The third-order valence-electron chi connectivity index (χ3n) is 4.25. The Morgan fingerprint density at radius 1 is 0.769 bits per heavy atom. The van der Waals surface area contributed by atoms with Gasteiger partial charge in [0.25, 0.3) is 0 Å². The van der Waals surface area contributed by atoms with Crippen molar-refractivity contribution in [2.24, 2.45) is 0 Å². The molecular weight excluding hydrogens is 365 g/mol. The number of carbonyl (C=O) groups excluding carboxylic acids is 1. The molecular formula is C22H13Cl2NO. The van der Waals surface area contributed by atoms with Gasteiger partial charge < -0.3 is 0 Å². The zero-order valence-electron chi connectivity index (χ0n) is 13.6. The van der Waals surface area contributed by atoms with E-state index in [2.05, 4.69) is 4.98 Å². The number of hydrogen-bond acceptors (Lipinski definition) is 2. The summed E-state index contributed by atoms with van der Waals surface area (Å²) in [5, 5.41) is 1.71. The number of rotatable bonds is 3. The molecule has 0 aliphatic rings. The molecule has 0 unspecified atom stereocenters. The second-order valence-corrected chi connectivity index (χ2v) is 6.73. The lowest BCUT2D eigenvalue weighted by Crippen LogP contribution is -2.02. The van der Waals surface area contributed by atoms with Crippen molar-refractivity contribution in [1.29, 1.82) is 0 Å². The van der Waals surface area contributed by atoms with E-state index in [1.54, 1.807) is 24.4 Å². The smallest absolute Gasteiger partial charge is 0.194 e. The first-order valence-electron chi connectivity index (χ1n) is 8.07. The number of pyridine rings is 1. The topological polar surface area (TPSA) is 30.0 Å². The van der Waals surface area contributed by atoms with Crippen LogP contribution in [0.25, 0.3) is 22.0 Å². The van der Waals surface area contributed by atoms with E-state index < -0.39 is 0 Å². The van der Waals surface area contributed by atoms with Crippen LogP contribution in [0.2, 0.25) is 10.0 Å². The number of benzene rings is 3. The third-order valence-corrected chi connectivity index (χ3v) is 4.99. The fourth-order valence-corrected chi connectivity index (χ4v) is 3.24. The molecule has 4 heteroatoms. The molecule has 3 aromatic carbocycles. The maximum Gasteiger partial charge on any atom is 0.194 e. The molecule has 26 heavy (non-hydrogen) atoms. The summed E-state index contributed by atoms with van der Waals surface area (Å²) in [5.74, 6) is -0.138. The van der Waals surface area contributed by atoms with Gasteiger partial charge in [0.2, 0.25) is 0 Å². The molecule has 4 rings (SSSR count). The maximum atomic E-state index is 12.9. The van der Waals surface area contributed by atoms with Gasteiger partial charge in [-0.3, -0.25) is 9.78 Å². The summed E-state index contributed by atoms with van der Waals surface area (Å²) in [6.45, 7) is 0. The molecule has 0 aliphatic carbocycles. The molecule has 0 aliphatic heterocycles. The molecule has 0 saturated carbocycles. The molecule has 2 nitrogen and oxygen atoms in total. The van der Waals surface area contributed by atoms with E-state index in [9.17, 15) is 4.79 Å². The largest absolute Gasteiger partial charge is 0.289 e. The highest BCUT2D eigenvalue weighted by Gasteiger charge is 2.13. The minimum Gasteiger partial charge on any atom is -0.289 e. The van der Waals surface area contributed by atoms with Gasteiger partial charge in [0.05, 0.1) is 15.6 Å². The fourth-order valence-electron chi connectivity index (χ4n) is 2.95. The molecule has 0 N–H and O–H groups in total. The van der Waals surface area contributed by atoms with Gasteiger partial charge in [0, 0.05) is 22.7 Å². The van der Waals surface area contributed by atoms with Gasteiger partial charge >= 0.3 is 0 Å². The molecule has 0 bridgehead atoms. The number of ketones is 1. The Bertz CT molecular complexity index is 1120. The Hall–Kier alpha value is -2.68. The van der Waals surface area contributed by atoms with Gasteiger partial charge in [-0.15, -0.1) is 0 Å². The van der Waals surface area contributed by atoms with Crippen molar-refractivity contribution in [3.05, 3.63) is 100 Å². The number of carbonyl (C=O) groups is 1. The number of halogens is 2. The number of aromatic nitrogens is 1. The maximum absolute atomic E-state index is 12.9. The normalized spacial score (nSPS) is 10.8. The van der Waals surface area contributed by atoms with E-state index in [1.165, 1.54) is 0 Å². The molecule has 0 saturated heterocycles. The van der Waals surface area contributed by atoms with Crippen LogP contribution < -0.4 is 0 Å². The fraction of sp³-hybridized carbons (Fsp3) is 0. The molecule has 0 spiro atoms. The molecule has 1 heterocycles. The van der Waals surface area contributed by atoms with E-state index in [4.69, 9.17) is 23.2 Å². The van der Waals surface area contributed by atoms with Gasteiger partial charge in [-0.1, -0.05) is 65.7 Å². The van der Waals surface area contributed by atoms with Crippen LogP contribution in [0.5, 0.6) is 0 Å². The summed E-state index contributed by atoms with van der Waals surface area (Å²) in [6, 6.07) is 22.8. The van der Waals surface area contributed by atoms with Crippen LogP contribution in [-0.2, 0) is 0 Å². The van der Waals surface area contributed by atoms with Crippen LogP contribution in [0.4, 0.5) is 0 Å². The number of fused-ring (bicyclic) bond motifs is 1. The molecule has 4 aromatic rings. The Morgan fingerprint density at radius 2 is 1.58 bits per heavy atom. The Morgan fingerprint density at radius 3 is 2.35 bits per heavy atom. The minimum atomic E-state index is -0.138. The van der Waals surface area contributed by atoms with E-state index in [0.717, 1.165) is 22.0 Å². The minimum absolute atomic E-state index is 0.138. The molecule has 0 radical (unpaired) electrons. The SMILES string of the molecule is O=C(c1ccc(Cl)c(Cl)c1)c1cnc2cccc(-c3ccccc3)c2c1. The Kier molecular flexibility index (Phi) is 4.46. The summed E-state index contributed by atoms with van der Waals surface area (Å²) >= 11 is 12.0. The summed E-state index contributed by atoms with van der Waals surface area (Å²) in [4.78, 5) is 17.3. The summed E-state index contributed by atoms with van der Waals surface area (Å²) in [5.41, 5.74) is 3.97. The second-order valence-electron chi connectivity index (χ2n) is 5.92. The van der Waals surface area contributed by atoms with Crippen LogP contribution in [0.1, 0.15) is 15.9 Å². The third kappa shape index (κ3) is 3.10. The molecule has 0 amide bonds. The Labute approximate surface area is 161 Å². The van der Waals surface area contributed by atoms with Crippen molar-refractivity contribution in [3.8, 4) is 11.1 Å². The van der Waals surface area contributed by atoms with Crippen molar-refractivity contribution < 1.29 is 4.79 Å². The lowest BCUT2D eigenvalue weighted by molar-refractivity contribution is 0.103. The number of hydrogen-bond donors (Lipinski definition) is 0. The van der Waals surface area contributed by atoms with Crippen molar-refractivity contribution in [2.75, 3.05) is 0 Å². The van der Waals surface area contributed by atoms with Crippen molar-refractivity contribution in [2.45, 2.75) is 0 Å². The van der Waals surface area contributed by atoms with E-state index >= 15 is 0 Å². The lowest BCUT2D eigenvalue weighted by atomic mass is 9.97.